The van der Waals surface area contributed by atoms with Crippen molar-refractivity contribution >= 4 is 5.97 Å². The Balaban J connectivity index is 0.00000121. The maximum absolute atomic E-state index is 10.6. The van der Waals surface area contributed by atoms with Crippen molar-refractivity contribution < 1.29 is 42.6 Å². The first-order chi connectivity index (χ1) is 5.11. The molecule has 1 N–H and O–H groups in total. The smallest absolute Gasteiger partial charge is 0.306 e. The van der Waals surface area contributed by atoms with E-state index < -0.39 is 5.97 Å². The van der Waals surface area contributed by atoms with Gasteiger partial charge in [-0.15, -0.1) is 0 Å². The fourth-order valence-electron chi connectivity index (χ4n) is 1.77. The third kappa shape index (κ3) is 3.14. The number of carboxylic acids is 1. The normalized spacial score (nSPS) is 35.3. The van der Waals surface area contributed by atoms with Crippen LogP contribution in [0.25, 0.3) is 0 Å². The minimum Gasteiger partial charge on any atom is -0.481 e. The van der Waals surface area contributed by atoms with E-state index in [0.29, 0.717) is 11.8 Å². The van der Waals surface area contributed by atoms with Crippen LogP contribution in [0.1, 0.15) is 33.1 Å². The molecule has 0 bridgehead atoms. The molecule has 0 aliphatic heterocycles. The largest absolute Gasteiger partial charge is 0.481 e. The van der Waals surface area contributed by atoms with Crippen molar-refractivity contribution in [3.63, 3.8) is 0 Å². The third-order valence-corrected chi connectivity index (χ3v) is 2.95. The van der Waals surface area contributed by atoms with E-state index in [0.717, 1.165) is 19.3 Å². The summed E-state index contributed by atoms with van der Waals surface area (Å²) in [7, 11) is 0. The molecular formula is C9H16O2Y. The summed E-state index contributed by atoms with van der Waals surface area (Å²) in [5.74, 6) is 0.625. The van der Waals surface area contributed by atoms with Crippen molar-refractivity contribution in [1.82, 2.24) is 0 Å². The maximum Gasteiger partial charge on any atom is 0.306 e. The second-order valence-corrected chi connectivity index (χ2v) is 3.80. The van der Waals surface area contributed by atoms with Crippen molar-refractivity contribution in [3.8, 4) is 0 Å². The SMILES string of the molecule is CC1CCC(C(=O)O)CC1C.[Y]. The molecule has 12 heavy (non-hydrogen) atoms. The molecule has 0 aromatic rings. The van der Waals surface area contributed by atoms with Gasteiger partial charge in [0.25, 0.3) is 0 Å². The average molecular weight is 245 g/mol. The van der Waals surface area contributed by atoms with Gasteiger partial charge in [0.2, 0.25) is 0 Å². The van der Waals surface area contributed by atoms with Gasteiger partial charge in [0.05, 0.1) is 5.92 Å². The van der Waals surface area contributed by atoms with Crippen molar-refractivity contribution in [2.45, 2.75) is 33.1 Å². The monoisotopic (exact) mass is 245 g/mol. The van der Waals surface area contributed by atoms with Gasteiger partial charge in [0.15, 0.2) is 0 Å². The average Bonchev–Trinajstić information content (AvgIpc) is 1.94. The topological polar surface area (TPSA) is 37.3 Å². The van der Waals surface area contributed by atoms with Crippen LogP contribution in [0.3, 0.4) is 0 Å². The summed E-state index contributed by atoms with van der Waals surface area (Å²) in [6.07, 6.45) is 2.83. The molecule has 1 aliphatic rings. The number of hydrogen-bond acceptors (Lipinski definition) is 1. The van der Waals surface area contributed by atoms with Crippen LogP contribution < -0.4 is 0 Å². The second kappa shape index (κ2) is 5.34. The summed E-state index contributed by atoms with van der Waals surface area (Å²) < 4.78 is 0. The van der Waals surface area contributed by atoms with E-state index in [1.54, 1.807) is 0 Å². The van der Waals surface area contributed by atoms with Crippen molar-refractivity contribution in [1.29, 1.82) is 0 Å². The van der Waals surface area contributed by atoms with Crippen LogP contribution in [-0.4, -0.2) is 11.1 Å². The zero-order chi connectivity index (χ0) is 8.43. The number of carbonyl (C=O) groups is 1. The molecule has 1 radical (unpaired) electrons. The summed E-state index contributed by atoms with van der Waals surface area (Å²) in [4.78, 5) is 10.6. The van der Waals surface area contributed by atoms with Crippen molar-refractivity contribution in [2.75, 3.05) is 0 Å². The molecular weight excluding hydrogens is 229 g/mol. The molecule has 3 heteroatoms. The second-order valence-electron chi connectivity index (χ2n) is 3.80. The molecule has 67 valence electrons. The summed E-state index contributed by atoms with van der Waals surface area (Å²) >= 11 is 0. The number of carboxylic acid groups (broad SMARTS) is 1. The Labute approximate surface area is 99.0 Å². The molecule has 0 heterocycles. The van der Waals surface area contributed by atoms with E-state index in [4.69, 9.17) is 5.11 Å². The van der Waals surface area contributed by atoms with Crippen molar-refractivity contribution in [2.24, 2.45) is 17.8 Å². The minimum absolute atomic E-state index is 0. The predicted octanol–water partition coefficient (Wildman–Crippen LogP) is 2.14. The van der Waals surface area contributed by atoms with Crippen LogP contribution in [0, 0.1) is 17.8 Å². The maximum atomic E-state index is 10.6. The van der Waals surface area contributed by atoms with Gasteiger partial charge in [0, 0.05) is 32.7 Å². The third-order valence-electron chi connectivity index (χ3n) is 2.95. The Kier molecular flexibility index (Phi) is 5.59. The molecule has 3 unspecified atom stereocenters. The first-order valence-corrected chi connectivity index (χ1v) is 4.34. The summed E-state index contributed by atoms with van der Waals surface area (Å²) in [6.45, 7) is 4.36. The zero-order valence-corrected chi connectivity index (χ0v) is 10.6. The number of rotatable bonds is 1. The molecule has 0 aromatic carbocycles. The Morgan fingerprint density at radius 1 is 1.25 bits per heavy atom. The van der Waals surface area contributed by atoms with Crippen molar-refractivity contribution in [3.05, 3.63) is 0 Å². The van der Waals surface area contributed by atoms with Crippen LogP contribution >= 0.6 is 0 Å². The van der Waals surface area contributed by atoms with Gasteiger partial charge < -0.3 is 5.11 Å². The van der Waals surface area contributed by atoms with Gasteiger partial charge in [0.1, 0.15) is 0 Å². The molecule has 1 rings (SSSR count). The molecule has 0 saturated heterocycles. The van der Waals surface area contributed by atoms with Crippen LogP contribution in [0.4, 0.5) is 0 Å². The summed E-state index contributed by atoms with van der Waals surface area (Å²) in [5.41, 5.74) is 0. The molecule has 0 amide bonds. The first-order valence-electron chi connectivity index (χ1n) is 4.34. The zero-order valence-electron chi connectivity index (χ0n) is 7.79. The Hall–Kier alpha value is 0.574. The van der Waals surface area contributed by atoms with Gasteiger partial charge in [-0.05, 0) is 31.1 Å². The van der Waals surface area contributed by atoms with Crippen LogP contribution in [0.5, 0.6) is 0 Å². The fourth-order valence-corrected chi connectivity index (χ4v) is 1.77. The molecule has 3 atom stereocenters. The molecule has 0 spiro atoms. The van der Waals surface area contributed by atoms with E-state index in [9.17, 15) is 4.79 Å². The number of hydrogen-bond donors (Lipinski definition) is 1. The standard InChI is InChI=1S/C9H16O2.Y/c1-6-3-4-8(9(10)11)5-7(6)2;/h6-8H,3-5H2,1-2H3,(H,10,11);. The minimum atomic E-state index is -0.608. The molecule has 0 aromatic heterocycles. The van der Waals surface area contributed by atoms with Crippen LogP contribution in [-0.2, 0) is 37.5 Å². The Morgan fingerprint density at radius 3 is 2.25 bits per heavy atom. The van der Waals surface area contributed by atoms with Crippen LogP contribution in [0.2, 0.25) is 0 Å². The van der Waals surface area contributed by atoms with Crippen LogP contribution in [0.15, 0.2) is 0 Å². The first kappa shape index (κ1) is 12.6. The predicted molar refractivity (Wildman–Crippen MR) is 43.3 cm³/mol. The van der Waals surface area contributed by atoms with E-state index in [2.05, 4.69) is 13.8 Å². The molecule has 1 fully saturated rings. The molecule has 2 nitrogen and oxygen atoms in total. The summed E-state index contributed by atoms with van der Waals surface area (Å²) in [5, 5.41) is 8.74. The molecule has 1 aliphatic carbocycles. The number of aliphatic carboxylic acids is 1. The van der Waals surface area contributed by atoms with Gasteiger partial charge in [-0.3, -0.25) is 4.79 Å². The van der Waals surface area contributed by atoms with Gasteiger partial charge >= 0.3 is 5.97 Å². The van der Waals surface area contributed by atoms with E-state index in [1.165, 1.54) is 0 Å². The van der Waals surface area contributed by atoms with E-state index in [-0.39, 0.29) is 38.6 Å². The quantitative estimate of drug-likeness (QED) is 0.768. The Bertz CT molecular complexity index is 159. The fraction of sp³-hybridized carbons (Fsp3) is 0.889. The van der Waals surface area contributed by atoms with Gasteiger partial charge in [-0.25, -0.2) is 0 Å². The van der Waals surface area contributed by atoms with Gasteiger partial charge in [-0.2, -0.15) is 0 Å². The van der Waals surface area contributed by atoms with Gasteiger partial charge in [-0.1, -0.05) is 13.8 Å². The van der Waals surface area contributed by atoms with E-state index in [1.807, 2.05) is 0 Å². The molecule has 1 saturated carbocycles. The van der Waals surface area contributed by atoms with E-state index >= 15 is 0 Å². The Morgan fingerprint density at radius 2 is 1.83 bits per heavy atom. The summed E-state index contributed by atoms with van der Waals surface area (Å²) in [6, 6.07) is 0.